The number of rotatable bonds is 18. The number of carbonyl (C=O) groups excluding carboxylic acids is 4. The van der Waals surface area contributed by atoms with Crippen molar-refractivity contribution in [3.05, 3.63) is 54.2 Å². The van der Waals surface area contributed by atoms with Crippen molar-refractivity contribution in [2.75, 3.05) is 6.54 Å². The molecule has 0 saturated heterocycles. The van der Waals surface area contributed by atoms with E-state index in [1.54, 1.807) is 6.20 Å². The molecule has 4 amide bonds. The Balaban J connectivity index is 1.82. The molecule has 0 aliphatic carbocycles. The van der Waals surface area contributed by atoms with Gasteiger partial charge in [-0.25, -0.2) is 9.78 Å². The first kappa shape index (κ1) is 32.8. The number of primary amides is 1. The first-order chi connectivity index (χ1) is 20.6. The maximum atomic E-state index is 13.5. The highest BCUT2D eigenvalue weighted by atomic mass is 16.4. The van der Waals surface area contributed by atoms with E-state index in [1.165, 1.54) is 12.5 Å². The number of aromatic nitrogens is 3. The van der Waals surface area contributed by atoms with Crippen LogP contribution in [0.25, 0.3) is 10.9 Å². The average Bonchev–Trinajstić information content (AvgIpc) is 3.64. The van der Waals surface area contributed by atoms with Crippen molar-refractivity contribution in [1.29, 1.82) is 0 Å². The molecule has 0 spiro atoms. The van der Waals surface area contributed by atoms with Gasteiger partial charge in [0.1, 0.15) is 18.1 Å². The van der Waals surface area contributed by atoms with Crippen LogP contribution in [0, 0.1) is 0 Å². The van der Waals surface area contributed by atoms with Crippen LogP contribution in [0.1, 0.15) is 43.4 Å². The number of unbranched alkanes of at least 4 members (excludes halogenated alkanes) is 1. The van der Waals surface area contributed by atoms with Crippen LogP contribution in [0.4, 0.5) is 0 Å². The minimum absolute atomic E-state index is 0.00650. The van der Waals surface area contributed by atoms with Gasteiger partial charge in [-0.3, -0.25) is 19.2 Å². The van der Waals surface area contributed by atoms with Crippen LogP contribution in [0.2, 0.25) is 0 Å². The first-order valence-corrected chi connectivity index (χ1v) is 14.0. The molecule has 4 unspecified atom stereocenters. The zero-order chi connectivity index (χ0) is 31.4. The van der Waals surface area contributed by atoms with Crippen molar-refractivity contribution >= 4 is 40.5 Å². The number of H-pyrrole nitrogens is 2. The van der Waals surface area contributed by atoms with Crippen LogP contribution in [0.15, 0.2) is 43.0 Å². The molecule has 43 heavy (non-hydrogen) atoms. The predicted octanol–water partition coefficient (Wildman–Crippen LogP) is -1.06. The van der Waals surface area contributed by atoms with Gasteiger partial charge in [-0.15, -0.1) is 0 Å². The standard InChI is InChI=1S/C28H39N9O6/c29-10-4-3-7-22(28(42)43)36-27(41)23(11-16-13-33-20-6-2-1-5-18(16)20)37-26(40)21(8-9-24(31)38)35-25(39)19(30)12-17-14-32-15-34-17/h1-2,5-6,13-15,19,21-23,33H,3-4,7-12,29-30H2,(H2,31,38)(H,32,34)(H,35,39)(H,36,41)(H,37,40)(H,42,43). The number of aliphatic carboxylic acids is 1. The summed E-state index contributed by atoms with van der Waals surface area (Å²) in [6.07, 6.45) is 5.61. The van der Waals surface area contributed by atoms with Crippen molar-refractivity contribution in [2.24, 2.45) is 17.2 Å². The quantitative estimate of drug-likeness (QED) is 0.0807. The van der Waals surface area contributed by atoms with Gasteiger partial charge in [-0.1, -0.05) is 18.2 Å². The number of carboxylic acids is 1. The van der Waals surface area contributed by atoms with Gasteiger partial charge in [0.15, 0.2) is 0 Å². The summed E-state index contributed by atoms with van der Waals surface area (Å²) in [5, 5.41) is 18.2. The van der Waals surface area contributed by atoms with Crippen LogP contribution in [-0.2, 0) is 36.8 Å². The summed E-state index contributed by atoms with van der Waals surface area (Å²) in [6.45, 7) is 0.378. The van der Waals surface area contributed by atoms with Crippen LogP contribution < -0.4 is 33.2 Å². The van der Waals surface area contributed by atoms with E-state index < -0.39 is 53.8 Å². The SMILES string of the molecule is NCCCCC(NC(=O)C(Cc1c[nH]c2ccccc12)NC(=O)C(CCC(N)=O)NC(=O)C(N)Cc1cnc[nH]1)C(=O)O. The molecule has 1 aromatic carbocycles. The zero-order valence-corrected chi connectivity index (χ0v) is 23.7. The van der Waals surface area contributed by atoms with Gasteiger partial charge in [-0.05, 0) is 43.9 Å². The van der Waals surface area contributed by atoms with Gasteiger partial charge in [0, 0.05) is 48.3 Å². The van der Waals surface area contributed by atoms with Crippen molar-refractivity contribution < 1.29 is 29.1 Å². The molecule has 0 aliphatic heterocycles. The zero-order valence-electron chi connectivity index (χ0n) is 23.7. The maximum Gasteiger partial charge on any atom is 0.326 e. The van der Waals surface area contributed by atoms with E-state index in [1.807, 2.05) is 24.3 Å². The van der Waals surface area contributed by atoms with Gasteiger partial charge in [0.05, 0.1) is 12.4 Å². The fraction of sp³-hybridized carbons (Fsp3) is 0.429. The highest BCUT2D eigenvalue weighted by Crippen LogP contribution is 2.19. The number of carboxylic acid groups (broad SMARTS) is 1. The number of nitrogens with one attached hydrogen (secondary N) is 5. The number of hydrogen-bond acceptors (Lipinski definition) is 8. The summed E-state index contributed by atoms with van der Waals surface area (Å²) in [7, 11) is 0. The largest absolute Gasteiger partial charge is 0.480 e. The predicted molar refractivity (Wildman–Crippen MR) is 157 cm³/mol. The topological polar surface area (TPSA) is 264 Å². The second-order valence-corrected chi connectivity index (χ2v) is 10.3. The van der Waals surface area contributed by atoms with E-state index in [4.69, 9.17) is 17.2 Å². The van der Waals surface area contributed by atoms with Crippen molar-refractivity contribution in [3.8, 4) is 0 Å². The average molecular weight is 598 g/mol. The smallest absolute Gasteiger partial charge is 0.326 e. The van der Waals surface area contributed by atoms with Gasteiger partial charge in [-0.2, -0.15) is 0 Å². The lowest BCUT2D eigenvalue weighted by molar-refractivity contribution is -0.142. The molecule has 232 valence electrons. The third-order valence-electron chi connectivity index (χ3n) is 6.94. The Morgan fingerprint density at radius 2 is 1.58 bits per heavy atom. The highest BCUT2D eigenvalue weighted by Gasteiger charge is 2.31. The van der Waals surface area contributed by atoms with E-state index in [2.05, 4.69) is 30.9 Å². The number of para-hydroxylation sites is 1. The Morgan fingerprint density at radius 3 is 2.26 bits per heavy atom. The molecule has 0 fully saturated rings. The van der Waals surface area contributed by atoms with Gasteiger partial charge in [0.2, 0.25) is 23.6 Å². The summed E-state index contributed by atoms with van der Waals surface area (Å²) in [4.78, 5) is 73.1. The third kappa shape index (κ3) is 9.93. The molecule has 0 aliphatic rings. The van der Waals surface area contributed by atoms with Crippen LogP contribution in [0.5, 0.6) is 0 Å². The molecule has 2 heterocycles. The number of nitrogens with zero attached hydrogens (tertiary/aromatic N) is 1. The molecule has 0 radical (unpaired) electrons. The molecule has 0 bridgehead atoms. The molecule has 15 nitrogen and oxygen atoms in total. The van der Waals surface area contributed by atoms with Gasteiger partial charge in [0.25, 0.3) is 0 Å². The second-order valence-electron chi connectivity index (χ2n) is 10.3. The Kier molecular flexibility index (Phi) is 12.2. The lowest BCUT2D eigenvalue weighted by Gasteiger charge is -2.25. The third-order valence-corrected chi connectivity index (χ3v) is 6.94. The van der Waals surface area contributed by atoms with E-state index in [0.717, 1.165) is 10.9 Å². The number of aromatic amines is 2. The Bertz CT molecular complexity index is 1390. The molecule has 0 saturated carbocycles. The van der Waals surface area contributed by atoms with E-state index in [-0.39, 0.29) is 32.1 Å². The Labute approximate surface area is 247 Å². The van der Waals surface area contributed by atoms with E-state index >= 15 is 0 Å². The Morgan fingerprint density at radius 1 is 0.884 bits per heavy atom. The molecule has 3 aromatic rings. The van der Waals surface area contributed by atoms with Gasteiger partial charge < -0.3 is 48.2 Å². The number of fused-ring (bicyclic) bond motifs is 1. The van der Waals surface area contributed by atoms with Crippen molar-refractivity contribution in [1.82, 2.24) is 30.9 Å². The number of hydrogen-bond donors (Lipinski definition) is 9. The molecular formula is C28H39N9O6. The first-order valence-electron chi connectivity index (χ1n) is 14.0. The minimum Gasteiger partial charge on any atom is -0.480 e. The summed E-state index contributed by atoms with van der Waals surface area (Å²) in [5.41, 5.74) is 19.0. The summed E-state index contributed by atoms with van der Waals surface area (Å²) in [6, 6.07) is 2.64. The highest BCUT2D eigenvalue weighted by molar-refractivity contribution is 5.95. The van der Waals surface area contributed by atoms with Crippen LogP contribution in [-0.4, -0.2) is 80.4 Å². The van der Waals surface area contributed by atoms with Crippen molar-refractivity contribution in [3.63, 3.8) is 0 Å². The fourth-order valence-electron chi connectivity index (χ4n) is 4.58. The number of amides is 4. The monoisotopic (exact) mass is 597 g/mol. The maximum absolute atomic E-state index is 13.5. The fourth-order valence-corrected chi connectivity index (χ4v) is 4.58. The minimum atomic E-state index is -1.26. The normalized spacial score (nSPS) is 13.9. The molecule has 3 rings (SSSR count). The van der Waals surface area contributed by atoms with Crippen LogP contribution >= 0.6 is 0 Å². The van der Waals surface area contributed by atoms with Gasteiger partial charge >= 0.3 is 5.97 Å². The summed E-state index contributed by atoms with van der Waals surface area (Å²) < 4.78 is 0. The number of carbonyl (C=O) groups is 5. The summed E-state index contributed by atoms with van der Waals surface area (Å²) >= 11 is 0. The number of nitrogens with two attached hydrogens (primary N) is 3. The number of imidazole rings is 1. The lowest BCUT2D eigenvalue weighted by Crippen LogP contribution is -2.57. The molecule has 4 atom stereocenters. The second kappa shape index (κ2) is 16.0. The Hall–Kier alpha value is -4.76. The van der Waals surface area contributed by atoms with E-state index in [0.29, 0.717) is 30.6 Å². The molecule has 12 N–H and O–H groups in total. The van der Waals surface area contributed by atoms with Crippen molar-refractivity contribution in [2.45, 2.75) is 69.1 Å². The molecular weight excluding hydrogens is 558 g/mol. The lowest BCUT2D eigenvalue weighted by atomic mass is 10.0. The van der Waals surface area contributed by atoms with Crippen LogP contribution in [0.3, 0.4) is 0 Å². The molecule has 2 aromatic heterocycles. The molecule has 15 heteroatoms. The number of benzene rings is 1. The summed E-state index contributed by atoms with van der Waals surface area (Å²) in [5.74, 6) is -4.07. The van der Waals surface area contributed by atoms with E-state index in [9.17, 15) is 29.1 Å².